The number of aliphatic hydroxyl groups is 3. The summed E-state index contributed by atoms with van der Waals surface area (Å²) in [7, 11) is -19.9. The van der Waals surface area contributed by atoms with E-state index in [1.807, 2.05) is 10.3 Å². The zero-order valence-electron chi connectivity index (χ0n) is 43.3. The molecule has 0 spiro atoms. The smallest absolute Gasteiger partial charge is 0.390 e. The third-order valence-electron chi connectivity index (χ3n) is 11.2. The van der Waals surface area contributed by atoms with Gasteiger partial charge in [-0.15, -0.1) is 0 Å². The summed E-state index contributed by atoms with van der Waals surface area (Å²) in [5.74, 6) is 2.43. The topological polar surface area (TPSA) is 576 Å². The Morgan fingerprint density at radius 1 is 0.810 bits per heavy atom. The molecular formula is C39H60N10O28P4S3. The van der Waals surface area contributed by atoms with Crippen LogP contribution in [0.5, 0.6) is 0 Å². The van der Waals surface area contributed by atoms with Crippen LogP contribution in [0.3, 0.4) is 0 Å². The Hall–Kier alpha value is -4.40. The predicted molar refractivity (Wildman–Crippen MR) is 291 cm³/mol. The fraction of sp³-hybridized carbons (Fsp3) is 0.615. The van der Waals surface area contributed by atoms with Gasteiger partial charge in [-0.05, 0) is 12.8 Å². The Labute approximate surface area is 486 Å². The number of phosphoric ester groups is 2. The van der Waals surface area contributed by atoms with E-state index in [0.29, 0.717) is 23.8 Å². The summed E-state index contributed by atoms with van der Waals surface area (Å²) in [5.41, 5.74) is 1.46. The average molecular weight is 1340 g/mol. The van der Waals surface area contributed by atoms with Crippen molar-refractivity contribution in [3.8, 4) is 11.8 Å². The van der Waals surface area contributed by atoms with Crippen LogP contribution in [0, 0.1) is 11.8 Å². The van der Waals surface area contributed by atoms with E-state index in [9.17, 15) is 86.5 Å². The van der Waals surface area contributed by atoms with Crippen LogP contribution in [0.25, 0.3) is 0 Å². The summed E-state index contributed by atoms with van der Waals surface area (Å²) in [6.45, 7) is -2.45. The second-order valence-corrected chi connectivity index (χ2v) is 26.2. The molecule has 2 saturated heterocycles. The minimum absolute atomic E-state index is 0.0353. The van der Waals surface area contributed by atoms with Crippen molar-refractivity contribution in [2.75, 3.05) is 50.1 Å². The Morgan fingerprint density at radius 3 is 2.18 bits per heavy atom. The maximum Gasteiger partial charge on any atom is 0.490 e. The van der Waals surface area contributed by atoms with Crippen molar-refractivity contribution in [1.29, 1.82) is 0 Å². The van der Waals surface area contributed by atoms with E-state index >= 15 is 0 Å². The molecule has 38 nitrogen and oxygen atoms in total. The molecule has 84 heavy (non-hydrogen) atoms. The number of amides is 6. The fourth-order valence-electron chi connectivity index (χ4n) is 7.16. The summed E-state index contributed by atoms with van der Waals surface area (Å²) < 4.78 is 74.9. The summed E-state index contributed by atoms with van der Waals surface area (Å²) >= 11 is 3.92. The molecule has 472 valence electrons. The van der Waals surface area contributed by atoms with Gasteiger partial charge in [0.15, 0.2) is 6.23 Å². The van der Waals surface area contributed by atoms with Gasteiger partial charge in [-0.25, -0.2) is 32.6 Å². The van der Waals surface area contributed by atoms with Crippen LogP contribution in [0.4, 0.5) is 4.79 Å². The van der Waals surface area contributed by atoms with Gasteiger partial charge in [-0.2, -0.15) is 21.3 Å². The first kappa shape index (κ1) is 72.1. The third kappa shape index (κ3) is 24.4. The molecule has 4 rings (SSSR count). The molecule has 45 heteroatoms. The van der Waals surface area contributed by atoms with Gasteiger partial charge in [-0.1, -0.05) is 39.8 Å². The minimum Gasteiger partial charge on any atom is -0.390 e. The van der Waals surface area contributed by atoms with Crippen molar-refractivity contribution in [3.63, 3.8) is 0 Å². The molecule has 2 fully saturated rings. The van der Waals surface area contributed by atoms with Crippen LogP contribution >= 0.6 is 65.5 Å². The number of nitrogens with two attached hydrogens (primary N) is 1. The quantitative estimate of drug-likeness (QED) is 0.0107. The van der Waals surface area contributed by atoms with Gasteiger partial charge in [0.25, 0.3) is 11.1 Å². The zero-order valence-corrected chi connectivity index (χ0v) is 49.4. The van der Waals surface area contributed by atoms with Crippen LogP contribution in [-0.4, -0.2) is 186 Å². The largest absolute Gasteiger partial charge is 0.490 e. The van der Waals surface area contributed by atoms with E-state index in [-0.39, 0.29) is 62.7 Å². The molecule has 0 aromatic carbocycles. The number of unbranched alkanes of at least 4 members (excludes halogenated alkanes) is 2. The molecule has 3 unspecified atom stereocenters. The Kier molecular flexibility index (Phi) is 28.4. The number of thiol groups is 1. The van der Waals surface area contributed by atoms with Crippen molar-refractivity contribution >= 4 is 95.2 Å². The first-order valence-electron chi connectivity index (χ1n) is 24.2. The summed E-state index contributed by atoms with van der Waals surface area (Å²) in [6.07, 6.45) is -8.16. The van der Waals surface area contributed by atoms with Crippen molar-refractivity contribution in [3.05, 3.63) is 65.7 Å². The van der Waals surface area contributed by atoms with Crippen LogP contribution in [0.2, 0.25) is 0 Å². The second-order valence-electron chi connectivity index (χ2n) is 17.5. The normalized spacial score (nSPS) is 21.9. The van der Waals surface area contributed by atoms with Gasteiger partial charge in [0.2, 0.25) is 23.6 Å². The number of hydrogen-bond donors (Lipinski definition) is 17. The lowest BCUT2D eigenvalue weighted by Gasteiger charge is -2.19. The van der Waals surface area contributed by atoms with Gasteiger partial charge in [0.05, 0.1) is 31.9 Å². The number of urea groups is 1. The number of nitrogens with one attached hydrogen (secondary N) is 6. The molecule has 0 aliphatic carbocycles. The van der Waals surface area contributed by atoms with E-state index in [1.54, 1.807) is 0 Å². The number of H-pyrrole nitrogens is 1. The number of aliphatic hydroxyl groups excluding tert-OH is 3. The van der Waals surface area contributed by atoms with Crippen LogP contribution in [-0.2, 0) is 71.1 Å². The highest BCUT2D eigenvalue weighted by Gasteiger charge is 2.47. The van der Waals surface area contributed by atoms with Crippen molar-refractivity contribution in [2.24, 2.45) is 5.73 Å². The maximum atomic E-state index is 13.2. The number of aromatic amines is 1. The summed E-state index contributed by atoms with van der Waals surface area (Å²) in [6, 6.07) is -2.32. The van der Waals surface area contributed by atoms with E-state index in [0.717, 1.165) is 49.2 Å². The number of nitrogens with zero attached hydrogens (tertiary/aromatic N) is 3. The molecule has 4 heterocycles. The van der Waals surface area contributed by atoms with Crippen LogP contribution < -0.4 is 54.8 Å². The first-order valence-corrected chi connectivity index (χ1v) is 33.4. The van der Waals surface area contributed by atoms with Gasteiger partial charge in [-0.3, -0.25) is 61.8 Å². The molecule has 2 aromatic rings. The molecule has 17 N–H and O–H groups in total. The van der Waals surface area contributed by atoms with Gasteiger partial charge >= 0.3 is 48.7 Å². The van der Waals surface area contributed by atoms with E-state index in [1.165, 1.54) is 0 Å². The highest BCUT2D eigenvalue weighted by molar-refractivity contribution is 8.76. The Balaban J connectivity index is 1.19. The molecule has 0 saturated carbocycles. The lowest BCUT2D eigenvalue weighted by atomic mass is 10.1. The zero-order chi connectivity index (χ0) is 62.7. The minimum atomic E-state index is -5.89. The monoisotopic (exact) mass is 1340 g/mol. The third-order valence-corrected chi connectivity index (χ3v) is 18.3. The lowest BCUT2D eigenvalue weighted by molar-refractivity contribution is -0.123. The van der Waals surface area contributed by atoms with Crippen molar-refractivity contribution in [1.82, 2.24) is 45.3 Å². The van der Waals surface area contributed by atoms with E-state index < -0.39 is 157 Å². The Morgan fingerprint density at radius 2 is 1.50 bits per heavy atom. The number of aromatic nitrogens is 4. The summed E-state index contributed by atoms with van der Waals surface area (Å²) in [5, 5.41) is 43.4. The van der Waals surface area contributed by atoms with Crippen LogP contribution in [0.15, 0.2) is 37.6 Å². The molecule has 2 aliphatic rings. The number of imide groups is 1. The number of carbonyl (C=O) groups excluding carboxylic acids is 5. The highest BCUT2D eigenvalue weighted by Crippen LogP contribution is 2.66. The molecule has 0 radical (unpaired) electrons. The van der Waals surface area contributed by atoms with E-state index in [4.69, 9.17) is 34.8 Å². The predicted octanol–water partition coefficient (Wildman–Crippen LogP) is -5.24. The molecule has 11 atom stereocenters. The first-order chi connectivity index (χ1) is 39.2. The molecule has 2 aromatic heterocycles. The number of hydrogen-bond acceptors (Lipinski definition) is 26. The molecular weight excluding hydrogens is 1280 g/mol. The van der Waals surface area contributed by atoms with Gasteiger partial charge in [0, 0.05) is 74.6 Å². The van der Waals surface area contributed by atoms with Crippen molar-refractivity contribution < 1.29 is 114 Å². The standard InChI is InChI=1S/C39H60N10O28P4S3/c40-22(19-82)34(57)45-37(59)44-23(35(58)43-9-3-1-2-6-27(51)42-11-13-47-29(53)7-12-48(39(47)61)30-15-24(50)25(74-30)17-72-78(62,63)64)20-84-83-14-8-28(52)41-10-4-5-21-16-49(38(60)46-33(21)56)36-32(55)31(54)26(75-36)18-73-80(68,69)77-81(70,71)76-79(65,66)67/h7,12,16,22-26,30-32,36,50,54-55,82H,1-3,6,8-11,13-15,17-20,40H2,(H,41,52)(H,42,51)(H,43,58)(H,68,69)(H,70,71)(H,46,56,60)(H2,62,63,64)(H2,65,66,67)(H2,44,45,57,59)/t22-,23?,24-,25+,26+,30+,31+,32+,36+/m0/s1. The summed E-state index contributed by atoms with van der Waals surface area (Å²) in [4.78, 5) is 170. The SMILES string of the molecule is N[C@@H](CS)C(=O)NC(=O)NC(CSSCCC(=O)NCC#Cc1cn([C@@H]2O[C@H](COP(=O)(O)OP(=O)(O)OP(=O)(O)O)[C@@H](O)[C@H]2O)c(=O)[nH]c1=O)C(=O)NCCCCCC(=O)NCCn1c(=O)ccn([C@H]2C[C@H](O)[C@@H](COP(=O)(O)O)O2)c1=O. The van der Waals surface area contributed by atoms with Gasteiger partial charge < -0.3 is 81.2 Å². The second kappa shape index (κ2) is 33.1. The number of rotatable bonds is 32. The lowest BCUT2D eigenvalue weighted by Crippen LogP contribution is -2.54. The number of ether oxygens (including phenoxy) is 2. The van der Waals surface area contributed by atoms with Gasteiger partial charge in [0.1, 0.15) is 42.2 Å². The van der Waals surface area contributed by atoms with Crippen LogP contribution in [0.1, 0.15) is 56.5 Å². The highest BCUT2D eigenvalue weighted by atomic mass is 33.1. The average Bonchev–Trinajstić information content (AvgIpc) is 4.01. The number of carbonyl (C=O) groups is 5. The molecule has 0 bridgehead atoms. The van der Waals surface area contributed by atoms with E-state index in [2.05, 4.69) is 63.4 Å². The molecule has 2 aliphatic heterocycles. The maximum absolute atomic E-state index is 13.2. The van der Waals surface area contributed by atoms with Crippen molar-refractivity contribution in [2.45, 2.75) is 100 Å². The Bertz CT molecular complexity index is 3170. The molecule has 6 amide bonds. The number of phosphoric acid groups is 4. The fourth-order valence-corrected chi connectivity index (χ4v) is 12.8.